The molecule has 0 saturated carbocycles. The van der Waals surface area contributed by atoms with E-state index in [0.717, 1.165) is 6.07 Å². The lowest BCUT2D eigenvalue weighted by Gasteiger charge is -2.34. The summed E-state index contributed by atoms with van der Waals surface area (Å²) in [6.45, 7) is 0.989. The number of anilines is 2. The predicted molar refractivity (Wildman–Crippen MR) is 140 cm³/mol. The second kappa shape index (κ2) is 10.5. The van der Waals surface area contributed by atoms with Crippen molar-refractivity contribution < 1.29 is 26.7 Å². The van der Waals surface area contributed by atoms with Crippen LogP contribution in [-0.4, -0.2) is 74.5 Å². The second-order valence-electron chi connectivity index (χ2n) is 9.39. The Bertz CT molecular complexity index is 1450. The van der Waals surface area contributed by atoms with Crippen LogP contribution in [0.2, 0.25) is 0 Å². The van der Waals surface area contributed by atoms with Crippen molar-refractivity contribution in [2.45, 2.75) is 23.3 Å². The molecule has 2 aliphatic heterocycles. The smallest absolute Gasteiger partial charge is 0.315 e. The third kappa shape index (κ3) is 5.29. The zero-order valence-corrected chi connectivity index (χ0v) is 22.0. The molecular formula is C26H28F2N6O4S. The average Bonchev–Trinajstić information content (AvgIpc) is 3.30. The molecule has 1 atom stereocenters. The molecule has 2 aromatic carbocycles. The van der Waals surface area contributed by atoms with E-state index >= 15 is 8.78 Å². The largest absolute Gasteiger partial charge is 0.481 e. The fourth-order valence-corrected chi connectivity index (χ4v) is 6.10. The fourth-order valence-electron chi connectivity index (χ4n) is 4.68. The Hall–Kier alpha value is -3.68. The van der Waals surface area contributed by atoms with Crippen LogP contribution < -0.4 is 20.3 Å². The van der Waals surface area contributed by atoms with Crippen molar-refractivity contribution in [2.24, 2.45) is 5.73 Å². The molecular weight excluding hydrogens is 530 g/mol. The first-order valence-electron chi connectivity index (χ1n) is 12.4. The predicted octanol–water partition coefficient (Wildman–Crippen LogP) is 2.20. The fraction of sp³-hybridized carbons (Fsp3) is 0.346. The lowest BCUT2D eigenvalue weighted by molar-refractivity contribution is -0.117. The van der Waals surface area contributed by atoms with Crippen LogP contribution in [0.15, 0.2) is 65.6 Å². The van der Waals surface area contributed by atoms with E-state index in [4.69, 9.17) is 10.5 Å². The molecule has 39 heavy (non-hydrogen) atoms. The lowest BCUT2D eigenvalue weighted by Crippen LogP contribution is -2.49. The molecule has 2 fully saturated rings. The number of nitrogens with zero attached hydrogens (tertiary/aromatic N) is 5. The van der Waals surface area contributed by atoms with E-state index in [1.165, 1.54) is 47.8 Å². The van der Waals surface area contributed by atoms with Gasteiger partial charge in [0.05, 0.1) is 12.0 Å². The monoisotopic (exact) mass is 558 g/mol. The summed E-state index contributed by atoms with van der Waals surface area (Å²) >= 11 is 0. The van der Waals surface area contributed by atoms with Gasteiger partial charge in [-0.15, -0.1) is 0 Å². The van der Waals surface area contributed by atoms with E-state index < -0.39 is 21.6 Å². The van der Waals surface area contributed by atoms with E-state index in [1.54, 1.807) is 28.0 Å². The highest BCUT2D eigenvalue weighted by Crippen LogP contribution is 2.36. The van der Waals surface area contributed by atoms with Crippen molar-refractivity contribution >= 4 is 27.6 Å². The van der Waals surface area contributed by atoms with E-state index in [0.29, 0.717) is 12.2 Å². The molecule has 0 radical (unpaired) electrons. The minimum Gasteiger partial charge on any atom is -0.481 e. The molecule has 2 N–H and O–H groups in total. The normalized spacial score (nSPS) is 19.0. The number of rotatable bonds is 7. The van der Waals surface area contributed by atoms with Gasteiger partial charge in [-0.3, -0.25) is 4.79 Å². The quantitative estimate of drug-likeness (QED) is 0.469. The molecule has 10 nitrogen and oxygen atoms in total. The van der Waals surface area contributed by atoms with Crippen molar-refractivity contribution in [2.75, 3.05) is 49.6 Å². The van der Waals surface area contributed by atoms with Gasteiger partial charge in [-0.25, -0.2) is 13.4 Å². The Morgan fingerprint density at radius 1 is 1.00 bits per heavy atom. The van der Waals surface area contributed by atoms with Crippen LogP contribution in [0.4, 0.5) is 20.4 Å². The van der Waals surface area contributed by atoms with Crippen LogP contribution in [0.25, 0.3) is 0 Å². The molecule has 5 rings (SSSR count). The highest BCUT2D eigenvalue weighted by atomic mass is 32.2. The summed E-state index contributed by atoms with van der Waals surface area (Å²) in [4.78, 5) is 23.8. The molecule has 206 valence electrons. The van der Waals surface area contributed by atoms with E-state index in [-0.39, 0.29) is 66.8 Å². The standard InChI is InChI=1S/C26H28F2N6O4S/c1-38-23-16-22(26(27,28)18-5-3-2-4-6-18)30-25(31-23)32-11-13-33(14-12-32)39(36,37)21-9-7-20(8-10-21)34-17-19(29)15-24(34)35/h2-10,16,19H,11-15,17,29H2,1H3. The van der Waals surface area contributed by atoms with Crippen LogP contribution in [0.3, 0.4) is 0 Å². The molecule has 1 unspecified atom stereocenters. The highest BCUT2D eigenvalue weighted by molar-refractivity contribution is 7.89. The zero-order valence-electron chi connectivity index (χ0n) is 21.2. The maximum atomic E-state index is 15.2. The van der Waals surface area contributed by atoms with Crippen LogP contribution >= 0.6 is 0 Å². The number of sulfonamides is 1. The topological polar surface area (TPSA) is 122 Å². The van der Waals surface area contributed by atoms with Gasteiger partial charge in [0.15, 0.2) is 0 Å². The minimum absolute atomic E-state index is 0.0156. The van der Waals surface area contributed by atoms with Crippen molar-refractivity contribution in [3.8, 4) is 5.88 Å². The number of carbonyl (C=O) groups is 1. The van der Waals surface area contributed by atoms with Crippen LogP contribution in [0.5, 0.6) is 5.88 Å². The summed E-state index contributed by atoms with van der Waals surface area (Å²) in [7, 11) is -2.49. The molecule has 2 aliphatic rings. The SMILES string of the molecule is COc1cc(C(F)(F)c2ccccc2)nc(N2CCN(S(=O)(=O)c3ccc(N4CC(N)CC4=O)cc3)CC2)n1. The van der Waals surface area contributed by atoms with Crippen molar-refractivity contribution in [3.05, 3.63) is 71.9 Å². The number of amides is 1. The Labute approximate surface area is 225 Å². The number of hydrogen-bond donors (Lipinski definition) is 1. The maximum absolute atomic E-state index is 15.2. The second-order valence-corrected chi connectivity index (χ2v) is 11.3. The first kappa shape index (κ1) is 26.9. The van der Waals surface area contributed by atoms with Gasteiger partial charge in [-0.1, -0.05) is 30.3 Å². The van der Waals surface area contributed by atoms with Gasteiger partial charge in [0.25, 0.3) is 0 Å². The van der Waals surface area contributed by atoms with Gasteiger partial charge in [0.2, 0.25) is 27.8 Å². The lowest BCUT2D eigenvalue weighted by atomic mass is 10.1. The van der Waals surface area contributed by atoms with Gasteiger partial charge in [-0.2, -0.15) is 18.1 Å². The van der Waals surface area contributed by atoms with Gasteiger partial charge < -0.3 is 20.3 Å². The average molecular weight is 559 g/mol. The van der Waals surface area contributed by atoms with Gasteiger partial charge in [-0.05, 0) is 24.3 Å². The number of nitrogens with two attached hydrogens (primary N) is 1. The van der Waals surface area contributed by atoms with Gasteiger partial charge in [0.1, 0.15) is 5.69 Å². The van der Waals surface area contributed by atoms with Gasteiger partial charge in [0, 0.05) is 62.5 Å². The molecule has 13 heteroatoms. The van der Waals surface area contributed by atoms with Crippen LogP contribution in [-0.2, 0) is 20.7 Å². The maximum Gasteiger partial charge on any atom is 0.315 e. The number of halogens is 2. The summed E-state index contributed by atoms with van der Waals surface area (Å²) in [6, 6.07) is 14.3. The van der Waals surface area contributed by atoms with Gasteiger partial charge >= 0.3 is 5.92 Å². The van der Waals surface area contributed by atoms with E-state index in [9.17, 15) is 13.2 Å². The number of alkyl halides is 2. The first-order valence-corrected chi connectivity index (χ1v) is 13.8. The summed E-state index contributed by atoms with van der Waals surface area (Å²) in [6.07, 6.45) is 0.257. The Morgan fingerprint density at radius 3 is 2.26 bits per heavy atom. The summed E-state index contributed by atoms with van der Waals surface area (Å²) in [5.41, 5.74) is 5.72. The summed E-state index contributed by atoms with van der Waals surface area (Å²) in [5, 5.41) is 0. The molecule has 0 spiro atoms. The first-order chi connectivity index (χ1) is 18.6. The third-order valence-corrected chi connectivity index (χ3v) is 8.73. The minimum atomic E-state index is -3.82. The molecule has 1 aromatic heterocycles. The Morgan fingerprint density at radius 2 is 1.67 bits per heavy atom. The third-order valence-electron chi connectivity index (χ3n) is 6.82. The number of methoxy groups -OCH3 is 1. The summed E-state index contributed by atoms with van der Waals surface area (Å²) < 4.78 is 63.5. The van der Waals surface area contributed by atoms with Crippen molar-refractivity contribution in [1.82, 2.24) is 14.3 Å². The summed E-state index contributed by atoms with van der Waals surface area (Å²) in [5.74, 6) is -3.46. The molecule has 2 saturated heterocycles. The number of piperazine rings is 1. The number of carbonyl (C=O) groups excluding carboxylic acids is 1. The zero-order chi connectivity index (χ0) is 27.8. The Kier molecular flexibility index (Phi) is 7.23. The van der Waals surface area contributed by atoms with Crippen LogP contribution in [0.1, 0.15) is 17.7 Å². The van der Waals surface area contributed by atoms with Crippen molar-refractivity contribution in [1.29, 1.82) is 0 Å². The number of ether oxygens (including phenoxy) is 1. The number of benzene rings is 2. The van der Waals surface area contributed by atoms with E-state index in [2.05, 4.69) is 9.97 Å². The van der Waals surface area contributed by atoms with Crippen LogP contribution in [0, 0.1) is 0 Å². The molecule has 0 aliphatic carbocycles. The molecule has 1 amide bonds. The number of hydrogen-bond acceptors (Lipinski definition) is 8. The molecule has 3 heterocycles. The number of aromatic nitrogens is 2. The molecule has 3 aromatic rings. The van der Waals surface area contributed by atoms with Crippen molar-refractivity contribution in [3.63, 3.8) is 0 Å². The van der Waals surface area contributed by atoms with E-state index in [1.807, 2.05) is 0 Å². The molecule has 0 bridgehead atoms. The highest BCUT2D eigenvalue weighted by Gasteiger charge is 2.38. The Balaban J connectivity index is 1.31.